The Labute approximate surface area is 314 Å². The summed E-state index contributed by atoms with van der Waals surface area (Å²) < 4.78 is 0. The Bertz CT molecular complexity index is 2940. The average Bonchev–Trinajstić information content (AvgIpc) is 3.26. The maximum Gasteiger partial charge on any atom is 0.160 e. The molecule has 54 heavy (non-hydrogen) atoms. The lowest BCUT2D eigenvalue weighted by Gasteiger charge is -2.19. The highest BCUT2D eigenvalue weighted by molar-refractivity contribution is 6.27. The van der Waals surface area contributed by atoms with Crippen LogP contribution < -0.4 is 0 Å². The van der Waals surface area contributed by atoms with E-state index in [1.54, 1.807) is 0 Å². The van der Waals surface area contributed by atoms with Gasteiger partial charge in [0.1, 0.15) is 0 Å². The summed E-state index contributed by atoms with van der Waals surface area (Å²) in [5.74, 6) is 0.708. The molecule has 0 radical (unpaired) electrons. The van der Waals surface area contributed by atoms with Gasteiger partial charge in [-0.15, -0.1) is 0 Å². The van der Waals surface area contributed by atoms with Crippen molar-refractivity contribution in [1.82, 2.24) is 9.97 Å². The smallest absolute Gasteiger partial charge is 0.160 e. The van der Waals surface area contributed by atoms with Crippen molar-refractivity contribution in [3.8, 4) is 67.3 Å². The number of hydrogen-bond donors (Lipinski definition) is 0. The van der Waals surface area contributed by atoms with Crippen LogP contribution in [0.2, 0.25) is 0 Å². The summed E-state index contributed by atoms with van der Waals surface area (Å²) in [6.45, 7) is 0. The van der Waals surface area contributed by atoms with Crippen LogP contribution in [0, 0.1) is 0 Å². The zero-order valence-electron chi connectivity index (χ0n) is 29.5. The van der Waals surface area contributed by atoms with Gasteiger partial charge in [-0.3, -0.25) is 0 Å². The largest absolute Gasteiger partial charge is 0.228 e. The number of nitrogens with zero attached hydrogens (tertiary/aromatic N) is 2. The SMILES string of the molecule is c1ccc(-c2ccc(-c3cc(-c4ccc(-c5c6ccccc6c(-c6ccccc6)c6ccc7ccccc7c56)cc4)nc(-c4ccccc4)n3)cc2)cc1. The molecule has 0 atom stereocenters. The van der Waals surface area contributed by atoms with E-state index in [4.69, 9.17) is 9.97 Å². The van der Waals surface area contributed by atoms with Crippen LogP contribution in [0.1, 0.15) is 0 Å². The van der Waals surface area contributed by atoms with E-state index >= 15 is 0 Å². The van der Waals surface area contributed by atoms with E-state index in [-0.39, 0.29) is 0 Å². The first kappa shape index (κ1) is 31.6. The number of aromatic nitrogens is 2. The lowest BCUT2D eigenvalue weighted by molar-refractivity contribution is 1.18. The van der Waals surface area contributed by atoms with Gasteiger partial charge in [-0.2, -0.15) is 0 Å². The van der Waals surface area contributed by atoms with Crippen LogP contribution in [0.15, 0.2) is 206 Å². The Kier molecular flexibility index (Phi) is 7.85. The second-order valence-electron chi connectivity index (χ2n) is 13.7. The van der Waals surface area contributed by atoms with Crippen LogP contribution in [-0.4, -0.2) is 9.97 Å². The van der Waals surface area contributed by atoms with Crippen molar-refractivity contribution in [1.29, 1.82) is 0 Å². The third kappa shape index (κ3) is 5.62. The van der Waals surface area contributed by atoms with Crippen molar-refractivity contribution >= 4 is 32.3 Å². The zero-order valence-corrected chi connectivity index (χ0v) is 29.5. The summed E-state index contributed by atoms with van der Waals surface area (Å²) in [5.41, 5.74) is 12.1. The zero-order chi connectivity index (χ0) is 35.8. The molecule has 1 heterocycles. The number of fused-ring (bicyclic) bond motifs is 4. The van der Waals surface area contributed by atoms with E-state index in [1.165, 1.54) is 65.7 Å². The Hall–Kier alpha value is -7.16. The molecule has 2 nitrogen and oxygen atoms in total. The summed E-state index contributed by atoms with van der Waals surface area (Å²) >= 11 is 0. The minimum atomic E-state index is 0.708. The number of rotatable bonds is 6. The molecule has 0 aliphatic rings. The summed E-state index contributed by atoms with van der Waals surface area (Å²) in [4.78, 5) is 10.2. The second kappa shape index (κ2) is 13.4. The van der Waals surface area contributed by atoms with Crippen molar-refractivity contribution < 1.29 is 0 Å². The monoisotopic (exact) mass is 686 g/mol. The second-order valence-corrected chi connectivity index (χ2v) is 13.7. The Balaban J connectivity index is 1.14. The van der Waals surface area contributed by atoms with Crippen LogP contribution in [0.5, 0.6) is 0 Å². The molecule has 0 spiro atoms. The fourth-order valence-electron chi connectivity index (χ4n) is 7.89. The minimum absolute atomic E-state index is 0.708. The molecule has 0 aliphatic carbocycles. The Morgan fingerprint density at radius 3 is 1.30 bits per heavy atom. The molecular formula is C52H34N2. The van der Waals surface area contributed by atoms with Crippen LogP contribution in [0.4, 0.5) is 0 Å². The van der Waals surface area contributed by atoms with Gasteiger partial charge in [0, 0.05) is 16.7 Å². The quantitative estimate of drug-likeness (QED) is 0.129. The van der Waals surface area contributed by atoms with Gasteiger partial charge in [0.05, 0.1) is 11.4 Å². The molecule has 1 aromatic heterocycles. The third-order valence-corrected chi connectivity index (χ3v) is 10.5. The predicted octanol–water partition coefficient (Wildman–Crippen LogP) is 13.9. The van der Waals surface area contributed by atoms with Crippen molar-refractivity contribution in [3.63, 3.8) is 0 Å². The fourth-order valence-corrected chi connectivity index (χ4v) is 7.89. The van der Waals surface area contributed by atoms with Crippen LogP contribution in [0.3, 0.4) is 0 Å². The van der Waals surface area contributed by atoms with Crippen LogP contribution in [0.25, 0.3) is 99.6 Å². The summed E-state index contributed by atoms with van der Waals surface area (Å²) in [5, 5.41) is 7.50. The van der Waals surface area contributed by atoms with Gasteiger partial charge in [-0.25, -0.2) is 9.97 Å². The average molecular weight is 687 g/mol. The highest BCUT2D eigenvalue weighted by atomic mass is 14.9. The lowest BCUT2D eigenvalue weighted by Crippen LogP contribution is -1.96. The number of benzene rings is 9. The maximum absolute atomic E-state index is 5.14. The molecule has 0 aliphatic heterocycles. The molecule has 9 aromatic carbocycles. The molecular weight excluding hydrogens is 653 g/mol. The van der Waals surface area contributed by atoms with Crippen LogP contribution in [-0.2, 0) is 0 Å². The van der Waals surface area contributed by atoms with E-state index in [2.05, 4.69) is 182 Å². The molecule has 0 N–H and O–H groups in total. The summed E-state index contributed by atoms with van der Waals surface area (Å²) in [7, 11) is 0. The van der Waals surface area contributed by atoms with Crippen molar-refractivity contribution in [3.05, 3.63) is 206 Å². The van der Waals surface area contributed by atoms with Crippen LogP contribution >= 0.6 is 0 Å². The van der Waals surface area contributed by atoms with Crippen molar-refractivity contribution in [2.45, 2.75) is 0 Å². The van der Waals surface area contributed by atoms with Crippen molar-refractivity contribution in [2.24, 2.45) is 0 Å². The molecule has 252 valence electrons. The highest BCUT2D eigenvalue weighted by Crippen LogP contribution is 2.46. The van der Waals surface area contributed by atoms with E-state index in [9.17, 15) is 0 Å². The van der Waals surface area contributed by atoms with E-state index < -0.39 is 0 Å². The summed E-state index contributed by atoms with van der Waals surface area (Å²) in [6, 6.07) is 73.4. The number of hydrogen-bond acceptors (Lipinski definition) is 2. The van der Waals surface area contributed by atoms with Gasteiger partial charge in [-0.05, 0) is 71.8 Å². The van der Waals surface area contributed by atoms with Gasteiger partial charge in [0.25, 0.3) is 0 Å². The molecule has 10 rings (SSSR count). The molecule has 10 aromatic rings. The molecule has 0 bridgehead atoms. The predicted molar refractivity (Wildman–Crippen MR) is 227 cm³/mol. The normalized spacial score (nSPS) is 11.3. The first-order valence-electron chi connectivity index (χ1n) is 18.4. The van der Waals surface area contributed by atoms with E-state index in [0.717, 1.165) is 28.1 Å². The molecule has 0 saturated heterocycles. The third-order valence-electron chi connectivity index (χ3n) is 10.5. The van der Waals surface area contributed by atoms with Gasteiger partial charge >= 0.3 is 0 Å². The standard InChI is InChI=1S/C52H34N2/c1-4-14-35(15-5-1)36-24-26-38(27-25-36)47-34-48(54-52(53-47)42-19-8-3-9-20-42)39-28-30-41(31-29-39)50-45-23-13-12-22-44(45)49(40-17-6-2-7-18-40)46-33-32-37-16-10-11-21-43(37)51(46)50/h1-34H. The van der Waals surface area contributed by atoms with Gasteiger partial charge in [0.15, 0.2) is 5.82 Å². The summed E-state index contributed by atoms with van der Waals surface area (Å²) in [6.07, 6.45) is 0. The Morgan fingerprint density at radius 1 is 0.259 bits per heavy atom. The molecule has 0 saturated carbocycles. The van der Waals surface area contributed by atoms with Crippen molar-refractivity contribution in [2.75, 3.05) is 0 Å². The van der Waals surface area contributed by atoms with Gasteiger partial charge in [-0.1, -0.05) is 200 Å². The molecule has 0 unspecified atom stereocenters. The van der Waals surface area contributed by atoms with Gasteiger partial charge < -0.3 is 0 Å². The first-order valence-corrected chi connectivity index (χ1v) is 18.4. The maximum atomic E-state index is 5.14. The fraction of sp³-hybridized carbons (Fsp3) is 0. The molecule has 2 heteroatoms. The topological polar surface area (TPSA) is 25.8 Å². The highest BCUT2D eigenvalue weighted by Gasteiger charge is 2.19. The minimum Gasteiger partial charge on any atom is -0.228 e. The van der Waals surface area contributed by atoms with Gasteiger partial charge in [0.2, 0.25) is 0 Å². The lowest BCUT2D eigenvalue weighted by atomic mass is 9.84. The van der Waals surface area contributed by atoms with E-state index in [1.807, 2.05) is 24.3 Å². The molecule has 0 amide bonds. The van der Waals surface area contributed by atoms with E-state index in [0.29, 0.717) is 5.82 Å². The molecule has 0 fully saturated rings. The Morgan fingerprint density at radius 2 is 0.685 bits per heavy atom. The first-order chi connectivity index (χ1) is 26.8.